The van der Waals surface area contributed by atoms with Gasteiger partial charge in [0.25, 0.3) is 0 Å². The summed E-state index contributed by atoms with van der Waals surface area (Å²) in [6.07, 6.45) is 5.85. The molecule has 4 N–H and O–H groups in total. The molecule has 0 saturated heterocycles. The number of rotatable bonds is 4. The molecule has 204 valence electrons. The van der Waals surface area contributed by atoms with E-state index in [-0.39, 0.29) is 29.7 Å². The third kappa shape index (κ3) is 3.60. The number of carbonyl (C=O) groups excluding carboxylic acids is 3. The summed E-state index contributed by atoms with van der Waals surface area (Å²) in [6, 6.07) is 0. The van der Waals surface area contributed by atoms with Crippen LogP contribution in [0.1, 0.15) is 74.7 Å². The van der Waals surface area contributed by atoms with E-state index >= 15 is 0 Å². The first-order chi connectivity index (χ1) is 16.7. The molecule has 8 atom stereocenters. The summed E-state index contributed by atoms with van der Waals surface area (Å²) >= 11 is 0. The van der Waals surface area contributed by atoms with Gasteiger partial charge in [-0.2, -0.15) is 0 Å². The zero-order chi connectivity index (χ0) is 28.1. The fraction of sp³-hybridized carbons (Fsp3) is 0.700. The lowest BCUT2D eigenvalue weighted by molar-refractivity contribution is -0.179. The number of aliphatic hydroxyl groups excluding tert-OH is 2. The standard InChI is InChI=1S/C30H42O7/c1-25(2,36)12-11-21(33)30(8,37)23-19(32)14-27(5)20-10-9-16-17(13-18(31)24(35)26(16,3)4)29(20,7)22(34)15-28(23,27)6/h9,11-13,17,19-20,23,31-32,36-37H,10,14-15H2,1-8H3/b12-11+/t17-,19+,20-,23+,27+,28+,29-,30-/m0/s1. The van der Waals surface area contributed by atoms with Crippen molar-refractivity contribution in [1.29, 1.82) is 0 Å². The van der Waals surface area contributed by atoms with Gasteiger partial charge in [0.1, 0.15) is 11.4 Å². The Morgan fingerprint density at radius 1 is 1.05 bits per heavy atom. The molecule has 0 amide bonds. The van der Waals surface area contributed by atoms with E-state index in [0.29, 0.717) is 12.8 Å². The molecule has 0 aromatic heterocycles. The van der Waals surface area contributed by atoms with Crippen LogP contribution in [0.15, 0.2) is 35.6 Å². The molecule has 4 aliphatic rings. The van der Waals surface area contributed by atoms with E-state index in [1.807, 2.05) is 26.8 Å². The quantitative estimate of drug-likeness (QED) is 0.333. The maximum atomic E-state index is 14.2. The van der Waals surface area contributed by atoms with Crippen LogP contribution in [-0.2, 0) is 14.4 Å². The van der Waals surface area contributed by atoms with E-state index in [1.165, 1.54) is 32.9 Å². The molecule has 0 heterocycles. The van der Waals surface area contributed by atoms with Gasteiger partial charge in [-0.15, -0.1) is 0 Å². The Morgan fingerprint density at radius 2 is 1.65 bits per heavy atom. The van der Waals surface area contributed by atoms with Crippen LogP contribution in [0.25, 0.3) is 0 Å². The smallest absolute Gasteiger partial charge is 0.206 e. The summed E-state index contributed by atoms with van der Waals surface area (Å²) in [5.74, 6) is -2.98. The zero-order valence-corrected chi connectivity index (χ0v) is 23.3. The number of aliphatic hydroxyl groups is 4. The second kappa shape index (κ2) is 7.96. The van der Waals surface area contributed by atoms with Crippen LogP contribution in [0.5, 0.6) is 0 Å². The fourth-order valence-corrected chi connectivity index (χ4v) is 8.58. The van der Waals surface area contributed by atoms with Crippen molar-refractivity contribution in [3.8, 4) is 0 Å². The molecule has 37 heavy (non-hydrogen) atoms. The van der Waals surface area contributed by atoms with Gasteiger partial charge in [-0.25, -0.2) is 0 Å². The molecule has 2 saturated carbocycles. The number of hydrogen-bond acceptors (Lipinski definition) is 7. The van der Waals surface area contributed by atoms with E-state index in [4.69, 9.17) is 0 Å². The van der Waals surface area contributed by atoms with E-state index in [2.05, 4.69) is 0 Å². The van der Waals surface area contributed by atoms with E-state index in [9.17, 15) is 34.8 Å². The topological polar surface area (TPSA) is 132 Å². The van der Waals surface area contributed by atoms with Crippen molar-refractivity contribution >= 4 is 17.3 Å². The molecule has 0 aromatic rings. The Bertz CT molecular complexity index is 1150. The Hall–Kier alpha value is -2.09. The van der Waals surface area contributed by atoms with Crippen LogP contribution in [-0.4, -0.2) is 55.1 Å². The Morgan fingerprint density at radius 3 is 2.22 bits per heavy atom. The number of ketones is 3. The average molecular weight is 515 g/mol. The van der Waals surface area contributed by atoms with Gasteiger partial charge in [0.15, 0.2) is 11.5 Å². The van der Waals surface area contributed by atoms with Gasteiger partial charge < -0.3 is 20.4 Å². The molecule has 4 aliphatic carbocycles. The monoisotopic (exact) mass is 514 g/mol. The second-order valence-electron chi connectivity index (χ2n) is 13.9. The van der Waals surface area contributed by atoms with Gasteiger partial charge in [-0.3, -0.25) is 14.4 Å². The molecule has 0 aliphatic heterocycles. The highest BCUT2D eigenvalue weighted by atomic mass is 16.3. The summed E-state index contributed by atoms with van der Waals surface area (Å²) in [5.41, 5.74) is -5.75. The predicted molar refractivity (Wildman–Crippen MR) is 138 cm³/mol. The Labute approximate surface area is 219 Å². The molecule has 7 nitrogen and oxygen atoms in total. The normalized spacial score (nSPS) is 42.9. The van der Waals surface area contributed by atoms with Crippen LogP contribution < -0.4 is 0 Å². The van der Waals surface area contributed by atoms with Gasteiger partial charge in [-0.05, 0) is 76.4 Å². The molecule has 4 rings (SSSR count). The molecule has 2 fully saturated rings. The number of carbonyl (C=O) groups is 3. The molecule has 0 radical (unpaired) electrons. The number of hydrogen-bond donors (Lipinski definition) is 4. The summed E-state index contributed by atoms with van der Waals surface area (Å²) < 4.78 is 0. The van der Waals surface area contributed by atoms with Crippen molar-refractivity contribution in [3.63, 3.8) is 0 Å². The third-order valence-corrected chi connectivity index (χ3v) is 10.8. The van der Waals surface area contributed by atoms with Gasteiger partial charge >= 0.3 is 0 Å². The first-order valence-corrected chi connectivity index (χ1v) is 13.2. The minimum Gasteiger partial charge on any atom is -0.505 e. The highest BCUT2D eigenvalue weighted by Gasteiger charge is 2.74. The van der Waals surface area contributed by atoms with Crippen LogP contribution in [0, 0.1) is 39.4 Å². The number of Topliss-reactive ketones (excluding diaryl/α,β-unsaturated/α-hetero) is 2. The lowest BCUT2D eigenvalue weighted by atomic mass is 9.39. The molecule has 0 bridgehead atoms. The van der Waals surface area contributed by atoms with Crippen molar-refractivity contribution < 1.29 is 34.8 Å². The molecular weight excluding hydrogens is 472 g/mol. The summed E-state index contributed by atoms with van der Waals surface area (Å²) in [6.45, 7) is 13.8. The van der Waals surface area contributed by atoms with Crippen molar-refractivity contribution in [2.45, 2.75) is 92.0 Å². The van der Waals surface area contributed by atoms with Crippen molar-refractivity contribution in [2.24, 2.45) is 39.4 Å². The summed E-state index contributed by atoms with van der Waals surface area (Å²) in [7, 11) is 0. The van der Waals surface area contributed by atoms with E-state index < -0.39 is 56.6 Å². The lowest BCUT2D eigenvalue weighted by Gasteiger charge is -2.63. The summed E-state index contributed by atoms with van der Waals surface area (Å²) in [4.78, 5) is 40.1. The molecule has 0 spiro atoms. The van der Waals surface area contributed by atoms with Crippen LogP contribution in [0.4, 0.5) is 0 Å². The first-order valence-electron chi connectivity index (χ1n) is 13.2. The zero-order valence-electron chi connectivity index (χ0n) is 23.3. The number of fused-ring (bicyclic) bond motifs is 5. The molecule has 0 aromatic carbocycles. The highest BCUT2D eigenvalue weighted by molar-refractivity contribution is 6.02. The van der Waals surface area contributed by atoms with E-state index in [0.717, 1.165) is 11.6 Å². The van der Waals surface area contributed by atoms with Crippen LogP contribution in [0.2, 0.25) is 0 Å². The largest absolute Gasteiger partial charge is 0.505 e. The maximum absolute atomic E-state index is 14.2. The van der Waals surface area contributed by atoms with Gasteiger partial charge in [0.05, 0.1) is 17.1 Å². The molecule has 7 heteroatoms. The average Bonchev–Trinajstić information content (AvgIpc) is 2.96. The lowest BCUT2D eigenvalue weighted by Crippen LogP contribution is -2.64. The van der Waals surface area contributed by atoms with Crippen molar-refractivity contribution in [2.75, 3.05) is 0 Å². The first kappa shape index (κ1) is 27.9. The molecule has 0 unspecified atom stereocenters. The van der Waals surface area contributed by atoms with E-state index in [1.54, 1.807) is 13.8 Å². The van der Waals surface area contributed by atoms with Gasteiger partial charge in [0.2, 0.25) is 5.78 Å². The van der Waals surface area contributed by atoms with Crippen molar-refractivity contribution in [1.82, 2.24) is 0 Å². The number of allylic oxidation sites excluding steroid dienone is 4. The maximum Gasteiger partial charge on any atom is 0.206 e. The SMILES string of the molecule is CC(C)(O)/C=C/C(=O)[C@](C)(O)[C@@H]1[C@H](O)C[C@]2(C)[C@@H]3CC=C4[C@H](C=C(O)C(=O)C4(C)C)[C@]3(C)C(=O)C[C@]12C. The third-order valence-electron chi connectivity index (χ3n) is 10.8. The van der Waals surface area contributed by atoms with Crippen LogP contribution >= 0.6 is 0 Å². The van der Waals surface area contributed by atoms with Gasteiger partial charge in [-0.1, -0.05) is 38.5 Å². The Balaban J connectivity index is 1.82. The highest BCUT2D eigenvalue weighted by Crippen LogP contribution is 2.73. The Kier molecular flexibility index (Phi) is 6.01. The minimum atomic E-state index is -1.96. The fourth-order valence-electron chi connectivity index (χ4n) is 8.58. The molecular formula is C30H42O7. The predicted octanol–water partition coefficient (Wildman–Crippen LogP) is 3.62. The second-order valence-corrected chi connectivity index (χ2v) is 13.9. The summed E-state index contributed by atoms with van der Waals surface area (Å²) in [5, 5.41) is 43.6. The minimum absolute atomic E-state index is 0.0453. The van der Waals surface area contributed by atoms with Crippen LogP contribution in [0.3, 0.4) is 0 Å². The van der Waals surface area contributed by atoms with Crippen molar-refractivity contribution in [3.05, 3.63) is 35.6 Å². The van der Waals surface area contributed by atoms with Gasteiger partial charge in [0, 0.05) is 23.7 Å².